The van der Waals surface area contributed by atoms with Gasteiger partial charge in [-0.15, -0.1) is 0 Å². The van der Waals surface area contributed by atoms with Crippen molar-refractivity contribution in [3.8, 4) is 0 Å². The number of anilines is 1. The fourth-order valence-corrected chi connectivity index (χ4v) is 1.96. The van der Waals surface area contributed by atoms with Crippen molar-refractivity contribution >= 4 is 17.6 Å². The lowest BCUT2D eigenvalue weighted by Crippen LogP contribution is -2.21. The number of carbonyl (C=O) groups excluding carboxylic acids is 2. The number of esters is 1. The molecule has 1 amide bonds. The number of nitrogens with one attached hydrogen (secondary N) is 1. The van der Waals surface area contributed by atoms with Gasteiger partial charge in [-0.1, -0.05) is 12.1 Å². The lowest BCUT2D eigenvalue weighted by Gasteiger charge is -2.10. The van der Waals surface area contributed by atoms with Gasteiger partial charge in [-0.05, 0) is 43.2 Å². The first-order valence-electron chi connectivity index (χ1n) is 6.86. The molecule has 6 heteroatoms. The molecule has 0 saturated heterocycles. The Morgan fingerprint density at radius 1 is 1.09 bits per heavy atom. The van der Waals surface area contributed by atoms with E-state index >= 15 is 0 Å². The van der Waals surface area contributed by atoms with Gasteiger partial charge in [0.2, 0.25) is 0 Å². The van der Waals surface area contributed by atoms with Crippen LogP contribution in [-0.2, 0) is 9.53 Å². The van der Waals surface area contributed by atoms with Gasteiger partial charge in [-0.3, -0.25) is 4.79 Å². The van der Waals surface area contributed by atoms with Crippen LogP contribution in [0.2, 0.25) is 0 Å². The summed E-state index contributed by atoms with van der Waals surface area (Å²) < 4.78 is 30.8. The molecule has 23 heavy (non-hydrogen) atoms. The van der Waals surface area contributed by atoms with E-state index in [4.69, 9.17) is 4.74 Å². The maximum Gasteiger partial charge on any atom is 0.338 e. The summed E-state index contributed by atoms with van der Waals surface area (Å²) in [6.07, 6.45) is 0. The van der Waals surface area contributed by atoms with E-state index in [1.54, 1.807) is 12.1 Å². The van der Waals surface area contributed by atoms with Crippen LogP contribution in [-0.4, -0.2) is 18.5 Å². The third-order valence-electron chi connectivity index (χ3n) is 3.31. The van der Waals surface area contributed by atoms with E-state index in [0.29, 0.717) is 11.8 Å². The molecule has 1 N–H and O–H groups in total. The summed E-state index contributed by atoms with van der Waals surface area (Å²) in [6.45, 7) is 3.21. The number of hydrogen-bond acceptors (Lipinski definition) is 3. The molecule has 0 saturated carbocycles. The number of carbonyl (C=O) groups is 2. The SMILES string of the molecule is Cc1cccc(NC(=O)COC(=O)c2cc(F)cc(F)c2)c1C. The van der Waals surface area contributed by atoms with E-state index < -0.39 is 30.1 Å². The van der Waals surface area contributed by atoms with Crippen LogP contribution < -0.4 is 5.32 Å². The minimum atomic E-state index is -0.973. The van der Waals surface area contributed by atoms with Gasteiger partial charge in [0.25, 0.3) is 5.91 Å². The van der Waals surface area contributed by atoms with Crippen molar-refractivity contribution < 1.29 is 23.1 Å². The second-order valence-corrected chi connectivity index (χ2v) is 5.03. The molecule has 0 fully saturated rings. The molecule has 0 aromatic heterocycles. The molecule has 0 unspecified atom stereocenters. The molecule has 2 aromatic carbocycles. The molecular weight excluding hydrogens is 304 g/mol. The minimum absolute atomic E-state index is 0.290. The van der Waals surface area contributed by atoms with Crippen molar-refractivity contribution in [2.75, 3.05) is 11.9 Å². The van der Waals surface area contributed by atoms with Crippen LogP contribution in [0.1, 0.15) is 21.5 Å². The van der Waals surface area contributed by atoms with E-state index in [9.17, 15) is 18.4 Å². The van der Waals surface area contributed by atoms with Gasteiger partial charge < -0.3 is 10.1 Å². The summed E-state index contributed by atoms with van der Waals surface area (Å²) in [5.41, 5.74) is 2.24. The summed E-state index contributed by atoms with van der Waals surface area (Å²) in [4.78, 5) is 23.5. The monoisotopic (exact) mass is 319 g/mol. The zero-order valence-electron chi connectivity index (χ0n) is 12.7. The summed E-state index contributed by atoms with van der Waals surface area (Å²) in [7, 11) is 0. The number of halogens is 2. The van der Waals surface area contributed by atoms with Crippen molar-refractivity contribution in [2.24, 2.45) is 0 Å². The maximum absolute atomic E-state index is 13.0. The highest BCUT2D eigenvalue weighted by Crippen LogP contribution is 2.17. The number of hydrogen-bond donors (Lipinski definition) is 1. The Balaban J connectivity index is 1.96. The Hall–Kier alpha value is -2.76. The van der Waals surface area contributed by atoms with Gasteiger partial charge in [0.15, 0.2) is 6.61 Å². The van der Waals surface area contributed by atoms with Crippen LogP contribution in [0.25, 0.3) is 0 Å². The Morgan fingerprint density at radius 3 is 2.39 bits per heavy atom. The molecule has 2 rings (SSSR count). The van der Waals surface area contributed by atoms with Crippen LogP contribution in [0.4, 0.5) is 14.5 Å². The molecule has 120 valence electrons. The van der Waals surface area contributed by atoms with Gasteiger partial charge in [0.1, 0.15) is 11.6 Å². The van der Waals surface area contributed by atoms with Crippen LogP contribution in [0.5, 0.6) is 0 Å². The zero-order valence-corrected chi connectivity index (χ0v) is 12.7. The molecule has 0 aliphatic carbocycles. The predicted octanol–water partition coefficient (Wildman–Crippen LogP) is 3.38. The maximum atomic E-state index is 13.0. The van der Waals surface area contributed by atoms with Gasteiger partial charge in [0.05, 0.1) is 5.56 Å². The summed E-state index contributed by atoms with van der Waals surface area (Å²) in [5.74, 6) is -3.29. The Morgan fingerprint density at radius 2 is 1.74 bits per heavy atom. The topological polar surface area (TPSA) is 55.4 Å². The molecule has 0 aliphatic heterocycles. The van der Waals surface area contributed by atoms with Crippen molar-refractivity contribution in [3.63, 3.8) is 0 Å². The lowest BCUT2D eigenvalue weighted by molar-refractivity contribution is -0.119. The summed E-state index contributed by atoms with van der Waals surface area (Å²) in [6, 6.07) is 7.75. The van der Waals surface area contributed by atoms with Gasteiger partial charge in [0, 0.05) is 11.8 Å². The molecule has 2 aromatic rings. The van der Waals surface area contributed by atoms with Crippen LogP contribution in [0.3, 0.4) is 0 Å². The highest BCUT2D eigenvalue weighted by molar-refractivity contribution is 5.96. The number of ether oxygens (including phenoxy) is 1. The van der Waals surface area contributed by atoms with Gasteiger partial charge >= 0.3 is 5.97 Å². The average molecular weight is 319 g/mol. The molecule has 4 nitrogen and oxygen atoms in total. The van der Waals surface area contributed by atoms with E-state index in [0.717, 1.165) is 23.3 Å². The van der Waals surface area contributed by atoms with E-state index in [1.807, 2.05) is 19.9 Å². The van der Waals surface area contributed by atoms with Crippen molar-refractivity contribution in [2.45, 2.75) is 13.8 Å². The minimum Gasteiger partial charge on any atom is -0.452 e. The Kier molecular flexibility index (Phi) is 5.05. The number of rotatable bonds is 4. The molecule has 0 radical (unpaired) electrons. The first-order valence-corrected chi connectivity index (χ1v) is 6.86. The van der Waals surface area contributed by atoms with Gasteiger partial charge in [-0.2, -0.15) is 0 Å². The van der Waals surface area contributed by atoms with Crippen molar-refractivity contribution in [1.82, 2.24) is 0 Å². The smallest absolute Gasteiger partial charge is 0.338 e. The Labute approximate surface area is 132 Å². The highest BCUT2D eigenvalue weighted by atomic mass is 19.1. The zero-order chi connectivity index (χ0) is 17.0. The average Bonchev–Trinajstić information content (AvgIpc) is 2.48. The second-order valence-electron chi connectivity index (χ2n) is 5.03. The number of benzene rings is 2. The number of amides is 1. The normalized spacial score (nSPS) is 10.3. The molecule has 0 aliphatic rings. The quantitative estimate of drug-likeness (QED) is 0.879. The Bertz CT molecular complexity index is 739. The standard InChI is InChI=1S/C17H15F2NO3/c1-10-4-3-5-15(11(10)2)20-16(21)9-23-17(22)12-6-13(18)8-14(19)7-12/h3-8H,9H2,1-2H3,(H,20,21). The van der Waals surface area contributed by atoms with Crippen molar-refractivity contribution in [1.29, 1.82) is 0 Å². The fourth-order valence-electron chi connectivity index (χ4n) is 1.96. The predicted molar refractivity (Wildman–Crippen MR) is 81.2 cm³/mol. The molecule has 0 atom stereocenters. The first-order chi connectivity index (χ1) is 10.9. The van der Waals surface area contributed by atoms with E-state index in [1.165, 1.54) is 0 Å². The highest BCUT2D eigenvalue weighted by Gasteiger charge is 2.13. The van der Waals surface area contributed by atoms with Crippen LogP contribution in [0.15, 0.2) is 36.4 Å². The molecule has 0 bridgehead atoms. The third-order valence-corrected chi connectivity index (χ3v) is 3.31. The van der Waals surface area contributed by atoms with Crippen molar-refractivity contribution in [3.05, 3.63) is 64.7 Å². The molecular formula is C17H15F2NO3. The third kappa shape index (κ3) is 4.35. The largest absolute Gasteiger partial charge is 0.452 e. The summed E-state index contributed by atoms with van der Waals surface area (Å²) >= 11 is 0. The first kappa shape index (κ1) is 16.6. The van der Waals surface area contributed by atoms with Gasteiger partial charge in [-0.25, -0.2) is 13.6 Å². The second kappa shape index (κ2) is 7.00. The van der Waals surface area contributed by atoms with E-state index in [-0.39, 0.29) is 5.56 Å². The van der Waals surface area contributed by atoms with Crippen LogP contribution >= 0.6 is 0 Å². The lowest BCUT2D eigenvalue weighted by atomic mass is 10.1. The molecule has 0 heterocycles. The molecule has 0 spiro atoms. The number of aryl methyl sites for hydroxylation is 1. The fraction of sp³-hybridized carbons (Fsp3) is 0.176. The van der Waals surface area contributed by atoms with E-state index in [2.05, 4.69) is 5.32 Å². The summed E-state index contributed by atoms with van der Waals surface area (Å²) in [5, 5.41) is 2.62. The van der Waals surface area contributed by atoms with Crippen LogP contribution in [0, 0.1) is 25.5 Å².